The lowest BCUT2D eigenvalue weighted by molar-refractivity contribution is 0.654. The third-order valence-electron chi connectivity index (χ3n) is 13.0. The molecule has 10 aromatic rings. The summed E-state index contributed by atoms with van der Waals surface area (Å²) in [6, 6.07) is 73.8. The first-order valence-electron chi connectivity index (χ1n) is 20.9. The molecule has 1 atom stereocenters. The number of hydrogen-bond acceptors (Lipinski definition) is 1. The normalized spacial score (nSPS) is 13.5. The van der Waals surface area contributed by atoms with Gasteiger partial charge in [0.2, 0.25) is 0 Å². The number of aryl methyl sites for hydroxylation is 1. The molecule has 0 spiro atoms. The van der Waals surface area contributed by atoms with E-state index in [1.54, 1.807) is 0 Å². The molecule has 0 saturated heterocycles. The molecule has 0 amide bonds. The number of para-hydroxylation sites is 1. The van der Waals surface area contributed by atoms with Crippen molar-refractivity contribution in [2.45, 2.75) is 38.0 Å². The first-order chi connectivity index (χ1) is 29.0. The minimum Gasteiger partial charge on any atom is -0.456 e. The van der Waals surface area contributed by atoms with Gasteiger partial charge in [0.25, 0.3) is 0 Å². The van der Waals surface area contributed by atoms with Crippen LogP contribution in [0.3, 0.4) is 0 Å². The number of benzene rings is 9. The molecular formula is C58H44O. The van der Waals surface area contributed by atoms with Crippen LogP contribution in [-0.2, 0) is 11.8 Å². The van der Waals surface area contributed by atoms with Crippen LogP contribution in [0.5, 0.6) is 0 Å². The number of furan rings is 1. The molecule has 59 heavy (non-hydrogen) atoms. The molecule has 0 fully saturated rings. The fraction of sp³-hybridized carbons (Fsp3) is 0.103. The molecule has 1 aliphatic carbocycles. The number of rotatable bonds is 8. The van der Waals surface area contributed by atoms with E-state index in [4.69, 9.17) is 4.42 Å². The van der Waals surface area contributed by atoms with Crippen LogP contribution in [0.25, 0.3) is 77.2 Å². The topological polar surface area (TPSA) is 13.1 Å². The zero-order chi connectivity index (χ0) is 39.5. The van der Waals surface area contributed by atoms with Crippen LogP contribution in [0.15, 0.2) is 205 Å². The molecule has 1 heterocycles. The third-order valence-corrected chi connectivity index (χ3v) is 13.0. The van der Waals surface area contributed by atoms with Gasteiger partial charge in [-0.1, -0.05) is 196 Å². The summed E-state index contributed by atoms with van der Waals surface area (Å²) in [4.78, 5) is 0. The molecule has 9 aromatic carbocycles. The highest BCUT2D eigenvalue weighted by atomic mass is 16.3. The fourth-order valence-electron chi connectivity index (χ4n) is 9.77. The minimum absolute atomic E-state index is 0.0459. The Balaban J connectivity index is 0.889. The smallest absolute Gasteiger partial charge is 0.136 e. The van der Waals surface area contributed by atoms with Gasteiger partial charge in [0.1, 0.15) is 11.2 Å². The maximum absolute atomic E-state index is 6.21. The maximum Gasteiger partial charge on any atom is 0.136 e. The highest BCUT2D eigenvalue weighted by molar-refractivity contribution is 6.06. The highest BCUT2D eigenvalue weighted by Crippen LogP contribution is 2.50. The molecule has 0 N–H and O–H groups in total. The van der Waals surface area contributed by atoms with Crippen LogP contribution in [-0.4, -0.2) is 0 Å². The molecule has 0 saturated carbocycles. The van der Waals surface area contributed by atoms with Crippen molar-refractivity contribution < 1.29 is 4.42 Å². The molecule has 1 aromatic heterocycles. The molecular weight excluding hydrogens is 713 g/mol. The lowest BCUT2D eigenvalue weighted by atomic mass is 9.79. The zero-order valence-electron chi connectivity index (χ0n) is 33.5. The van der Waals surface area contributed by atoms with Crippen LogP contribution in [0, 0.1) is 0 Å². The molecule has 0 aliphatic heterocycles. The molecule has 1 heteroatoms. The van der Waals surface area contributed by atoms with Crippen molar-refractivity contribution in [3.05, 3.63) is 228 Å². The van der Waals surface area contributed by atoms with Crippen molar-refractivity contribution >= 4 is 32.7 Å². The van der Waals surface area contributed by atoms with E-state index in [0.29, 0.717) is 0 Å². The molecule has 0 radical (unpaired) electrons. The zero-order valence-corrected chi connectivity index (χ0v) is 33.5. The van der Waals surface area contributed by atoms with Crippen LogP contribution in [0.4, 0.5) is 0 Å². The van der Waals surface area contributed by atoms with Gasteiger partial charge in [0.15, 0.2) is 0 Å². The Morgan fingerprint density at radius 2 is 0.983 bits per heavy atom. The molecule has 0 bridgehead atoms. The lowest BCUT2D eigenvalue weighted by Crippen LogP contribution is -2.15. The largest absolute Gasteiger partial charge is 0.456 e. The van der Waals surface area contributed by atoms with E-state index in [9.17, 15) is 0 Å². The molecule has 11 rings (SSSR count). The van der Waals surface area contributed by atoms with Crippen molar-refractivity contribution in [1.29, 1.82) is 0 Å². The Morgan fingerprint density at radius 3 is 1.81 bits per heavy atom. The lowest BCUT2D eigenvalue weighted by Gasteiger charge is -2.24. The predicted octanol–water partition coefficient (Wildman–Crippen LogP) is 15.8. The average Bonchev–Trinajstić information content (AvgIpc) is 3.78. The number of fused-ring (bicyclic) bond motifs is 7. The van der Waals surface area contributed by atoms with Crippen LogP contribution in [0.1, 0.15) is 54.0 Å². The van der Waals surface area contributed by atoms with E-state index in [1.165, 1.54) is 83.1 Å². The minimum atomic E-state index is -0.0459. The van der Waals surface area contributed by atoms with Crippen LogP contribution < -0.4 is 0 Å². The van der Waals surface area contributed by atoms with Gasteiger partial charge in [-0.25, -0.2) is 0 Å². The van der Waals surface area contributed by atoms with Gasteiger partial charge in [-0.3, -0.25) is 0 Å². The predicted molar refractivity (Wildman–Crippen MR) is 248 cm³/mol. The first-order valence-corrected chi connectivity index (χ1v) is 20.9. The van der Waals surface area contributed by atoms with Crippen molar-refractivity contribution in [2.75, 3.05) is 0 Å². The Hall–Kier alpha value is -6.96. The summed E-state index contributed by atoms with van der Waals surface area (Å²) in [6.45, 7) is 4.76. The Kier molecular flexibility index (Phi) is 8.45. The summed E-state index contributed by atoms with van der Waals surface area (Å²) in [6.07, 6.45) is 1.99. The van der Waals surface area contributed by atoms with E-state index in [1.807, 2.05) is 12.1 Å². The summed E-state index contributed by atoms with van der Waals surface area (Å²) in [5.41, 5.74) is 18.8. The number of hydrogen-bond donors (Lipinski definition) is 0. The molecule has 1 aliphatic rings. The Bertz CT molecular complexity index is 3160. The van der Waals surface area contributed by atoms with Crippen molar-refractivity contribution in [3.63, 3.8) is 0 Å². The van der Waals surface area contributed by atoms with E-state index in [0.717, 1.165) is 34.8 Å². The summed E-state index contributed by atoms with van der Waals surface area (Å²) < 4.78 is 6.21. The fourth-order valence-corrected chi connectivity index (χ4v) is 9.77. The maximum atomic E-state index is 6.21. The van der Waals surface area contributed by atoms with Crippen LogP contribution >= 0.6 is 0 Å². The highest BCUT2D eigenvalue weighted by Gasteiger charge is 2.35. The monoisotopic (exact) mass is 756 g/mol. The van der Waals surface area contributed by atoms with Gasteiger partial charge in [-0.2, -0.15) is 0 Å². The summed E-state index contributed by atoms with van der Waals surface area (Å²) >= 11 is 0. The SMILES string of the molecule is CC1(C)c2ccccc2-c2ccc(C(CCc3ccc(-c4ccc5c(c4)oc4ccccc45)cc3)c3ccc(-c4ccc(-c5cccc6ccccc56)cc4)cc3)cc21. The van der Waals surface area contributed by atoms with Gasteiger partial charge < -0.3 is 4.42 Å². The second kappa shape index (κ2) is 14.1. The Morgan fingerprint density at radius 1 is 0.407 bits per heavy atom. The molecule has 282 valence electrons. The van der Waals surface area contributed by atoms with Gasteiger partial charge in [-0.15, -0.1) is 0 Å². The van der Waals surface area contributed by atoms with Gasteiger partial charge in [-0.05, 0) is 114 Å². The molecule has 1 unspecified atom stereocenters. The Labute approximate surface area is 346 Å². The average molecular weight is 757 g/mol. The second-order valence-corrected chi connectivity index (χ2v) is 16.8. The van der Waals surface area contributed by atoms with Crippen molar-refractivity contribution in [3.8, 4) is 44.5 Å². The third kappa shape index (κ3) is 6.17. The van der Waals surface area contributed by atoms with E-state index in [2.05, 4.69) is 202 Å². The summed E-state index contributed by atoms with van der Waals surface area (Å²) in [7, 11) is 0. The van der Waals surface area contributed by atoms with E-state index in [-0.39, 0.29) is 11.3 Å². The first kappa shape index (κ1) is 35.2. The standard InChI is InChI=1S/C58H44O/c1-58(2)54-16-7-5-13-50(54)51-34-32-46(36-55(51)58)47(33-20-38-18-21-41(22-19-38)45-31-35-53-52-14-6-8-17-56(52)59-57(53)37-45)43-27-23-39(24-28-43)40-25-29-44(30-26-40)49-15-9-11-42-10-3-4-12-48(42)49/h3-19,21-32,34-37,47H,20,33H2,1-2H3. The van der Waals surface area contributed by atoms with Gasteiger partial charge in [0, 0.05) is 22.1 Å². The quantitative estimate of drug-likeness (QED) is 0.150. The van der Waals surface area contributed by atoms with Crippen molar-refractivity contribution in [1.82, 2.24) is 0 Å². The summed E-state index contributed by atoms with van der Waals surface area (Å²) in [5.74, 6) is 0.248. The second-order valence-electron chi connectivity index (χ2n) is 16.8. The molecule has 1 nitrogen and oxygen atoms in total. The van der Waals surface area contributed by atoms with Crippen LogP contribution in [0.2, 0.25) is 0 Å². The van der Waals surface area contributed by atoms with E-state index < -0.39 is 0 Å². The van der Waals surface area contributed by atoms with E-state index >= 15 is 0 Å². The van der Waals surface area contributed by atoms with Crippen molar-refractivity contribution in [2.24, 2.45) is 0 Å². The van der Waals surface area contributed by atoms with Gasteiger partial charge >= 0.3 is 0 Å². The van der Waals surface area contributed by atoms with Gasteiger partial charge in [0.05, 0.1) is 0 Å². The summed E-state index contributed by atoms with van der Waals surface area (Å²) in [5, 5.41) is 4.88.